The number of carbonyl (C=O) groups excluding carboxylic acids is 1. The molecule has 4 nitrogen and oxygen atoms in total. The number of nitrogens with zero attached hydrogens (tertiary/aromatic N) is 1. The van der Waals surface area contributed by atoms with Gasteiger partial charge in [0.2, 0.25) is 5.51 Å². The largest absolute Gasteiger partial charge is 0.491 e. The summed E-state index contributed by atoms with van der Waals surface area (Å²) >= 11 is 1.69. The Balaban J connectivity index is 1.38. The monoisotopic (exact) mass is 511 g/mol. The first kappa shape index (κ1) is 27.9. The van der Waals surface area contributed by atoms with Crippen molar-refractivity contribution in [1.29, 1.82) is 0 Å². The highest BCUT2D eigenvalue weighted by Crippen LogP contribution is 2.22. The Morgan fingerprint density at radius 2 is 1.69 bits per heavy atom. The average Bonchev–Trinajstić information content (AvgIpc) is 3.28. The summed E-state index contributed by atoms with van der Waals surface area (Å²) in [6.07, 6.45) is 14.6. The lowest BCUT2D eigenvalue weighted by atomic mass is 10.1. The molecule has 0 aliphatic carbocycles. The van der Waals surface area contributed by atoms with Crippen LogP contribution in [0.4, 0.5) is 10.1 Å². The maximum Gasteiger partial charge on any atom is 0.255 e. The van der Waals surface area contributed by atoms with Crippen molar-refractivity contribution in [3.8, 4) is 5.75 Å². The van der Waals surface area contributed by atoms with E-state index in [4.69, 9.17) is 4.74 Å². The third kappa shape index (κ3) is 9.73. The molecule has 0 fully saturated rings. The number of thiazole rings is 1. The number of ether oxygens (including phenoxy) is 1. The molecule has 0 aliphatic rings. The minimum absolute atomic E-state index is 0.231. The zero-order chi connectivity index (χ0) is 25.6. The van der Waals surface area contributed by atoms with Crippen molar-refractivity contribution in [3.05, 3.63) is 76.0 Å². The number of aromatic nitrogens is 1. The molecule has 0 saturated heterocycles. The lowest BCUT2D eigenvalue weighted by molar-refractivity contribution is -0.683. The van der Waals surface area contributed by atoms with Crippen molar-refractivity contribution < 1.29 is 18.5 Å². The molecule has 1 amide bonds. The lowest BCUT2D eigenvalue weighted by Gasteiger charge is -2.10. The second-order valence-corrected chi connectivity index (χ2v) is 10.6. The Morgan fingerprint density at radius 3 is 2.36 bits per heavy atom. The van der Waals surface area contributed by atoms with Gasteiger partial charge in [-0.15, -0.1) is 0 Å². The van der Waals surface area contributed by atoms with Crippen LogP contribution >= 0.6 is 11.3 Å². The van der Waals surface area contributed by atoms with Gasteiger partial charge in [0.1, 0.15) is 0 Å². The van der Waals surface area contributed by atoms with Crippen LogP contribution in [0.1, 0.15) is 91.9 Å². The minimum Gasteiger partial charge on any atom is -0.491 e. The standard InChI is InChI=1S/C30H39FN2O2S/c1-3-4-5-6-7-8-9-10-11-12-18-35-29-17-16-27(20-28(29)31)32-30(34)26-15-13-14-25(19-26)22-33-21-24(2)36-23-33/h13-17,19-21,23H,3-12,18,22H2,1-2H3/p+1. The number of aryl methyl sites for hydroxylation is 1. The number of anilines is 1. The average molecular weight is 512 g/mol. The molecule has 0 radical (unpaired) electrons. The summed E-state index contributed by atoms with van der Waals surface area (Å²) in [5.74, 6) is -0.492. The molecule has 0 unspecified atom stereocenters. The Morgan fingerprint density at radius 1 is 0.972 bits per heavy atom. The second-order valence-electron chi connectivity index (χ2n) is 9.47. The smallest absolute Gasteiger partial charge is 0.255 e. The maximum atomic E-state index is 14.5. The third-order valence-electron chi connectivity index (χ3n) is 6.22. The molecule has 194 valence electrons. The molecular formula is C30H40FN2O2S+. The zero-order valence-corrected chi connectivity index (χ0v) is 22.5. The van der Waals surface area contributed by atoms with E-state index >= 15 is 0 Å². The van der Waals surface area contributed by atoms with E-state index in [1.165, 1.54) is 62.3 Å². The van der Waals surface area contributed by atoms with Gasteiger partial charge >= 0.3 is 0 Å². The van der Waals surface area contributed by atoms with Crippen LogP contribution in [0.2, 0.25) is 0 Å². The van der Waals surface area contributed by atoms with Crippen LogP contribution in [-0.2, 0) is 6.54 Å². The van der Waals surface area contributed by atoms with Crippen LogP contribution in [0.5, 0.6) is 5.75 Å². The van der Waals surface area contributed by atoms with Crippen LogP contribution in [-0.4, -0.2) is 12.5 Å². The number of rotatable bonds is 16. The van der Waals surface area contributed by atoms with E-state index in [2.05, 4.69) is 35.4 Å². The van der Waals surface area contributed by atoms with Crippen LogP contribution in [0.3, 0.4) is 0 Å². The van der Waals surface area contributed by atoms with Crippen molar-refractivity contribution in [2.75, 3.05) is 11.9 Å². The zero-order valence-electron chi connectivity index (χ0n) is 21.7. The fourth-order valence-corrected chi connectivity index (χ4v) is 4.85. The van der Waals surface area contributed by atoms with E-state index in [-0.39, 0.29) is 11.7 Å². The summed E-state index contributed by atoms with van der Waals surface area (Å²) in [4.78, 5) is 14.0. The number of benzene rings is 2. The van der Waals surface area contributed by atoms with Gasteiger partial charge in [-0.05, 0) is 37.6 Å². The quantitative estimate of drug-likeness (QED) is 0.156. The van der Waals surface area contributed by atoms with Gasteiger partial charge in [-0.1, -0.05) is 88.2 Å². The van der Waals surface area contributed by atoms with Crippen molar-refractivity contribution in [2.45, 2.75) is 84.6 Å². The third-order valence-corrected chi connectivity index (χ3v) is 7.07. The molecule has 0 aliphatic heterocycles. The number of nitrogens with one attached hydrogen (secondary N) is 1. The van der Waals surface area contributed by atoms with Crippen LogP contribution in [0, 0.1) is 12.7 Å². The van der Waals surface area contributed by atoms with Gasteiger partial charge in [0.05, 0.1) is 11.5 Å². The molecule has 1 N–H and O–H groups in total. The topological polar surface area (TPSA) is 42.2 Å². The predicted octanol–water partition coefficient (Wildman–Crippen LogP) is 8.08. The fourth-order valence-electron chi connectivity index (χ4n) is 4.22. The summed E-state index contributed by atoms with van der Waals surface area (Å²) < 4.78 is 22.3. The van der Waals surface area contributed by atoms with Crippen molar-refractivity contribution >= 4 is 22.9 Å². The normalized spacial score (nSPS) is 11.0. The molecule has 36 heavy (non-hydrogen) atoms. The van der Waals surface area contributed by atoms with Gasteiger partial charge in [0.25, 0.3) is 5.91 Å². The lowest BCUT2D eigenvalue weighted by Crippen LogP contribution is -2.30. The molecule has 0 bridgehead atoms. The Hall–Kier alpha value is -2.73. The highest BCUT2D eigenvalue weighted by molar-refractivity contribution is 7.09. The molecule has 6 heteroatoms. The van der Waals surface area contributed by atoms with Gasteiger partial charge in [0, 0.05) is 22.9 Å². The molecule has 1 aromatic heterocycles. The Labute approximate surface area is 219 Å². The molecule has 3 aromatic rings. The molecule has 3 rings (SSSR count). The molecule has 2 aromatic carbocycles. The second kappa shape index (κ2) is 15.4. The van der Waals surface area contributed by atoms with E-state index in [0.29, 0.717) is 24.4 Å². The van der Waals surface area contributed by atoms with Crippen molar-refractivity contribution in [2.24, 2.45) is 0 Å². The number of carbonyl (C=O) groups is 1. The summed E-state index contributed by atoms with van der Waals surface area (Å²) in [6.45, 7) is 5.52. The summed E-state index contributed by atoms with van der Waals surface area (Å²) in [6, 6.07) is 12.1. The van der Waals surface area contributed by atoms with Gasteiger partial charge in [-0.25, -0.2) is 4.39 Å². The summed E-state index contributed by atoms with van der Waals surface area (Å²) in [5, 5.41) is 2.79. The number of halogens is 1. The van der Waals surface area contributed by atoms with Crippen LogP contribution < -0.4 is 14.6 Å². The van der Waals surface area contributed by atoms with Gasteiger partial charge in [0.15, 0.2) is 24.3 Å². The van der Waals surface area contributed by atoms with Gasteiger partial charge in [-0.3, -0.25) is 4.79 Å². The fraction of sp³-hybridized carbons (Fsp3) is 0.467. The molecule has 1 heterocycles. The van der Waals surface area contributed by atoms with E-state index in [0.717, 1.165) is 18.4 Å². The van der Waals surface area contributed by atoms with E-state index in [1.807, 2.05) is 18.2 Å². The first-order chi connectivity index (χ1) is 17.5. The van der Waals surface area contributed by atoms with Crippen LogP contribution in [0.15, 0.2) is 54.2 Å². The van der Waals surface area contributed by atoms with Crippen LogP contribution in [0.25, 0.3) is 0 Å². The SMILES string of the molecule is CCCCCCCCCCCCOc1ccc(NC(=O)c2cccc(C[n+]3csc(C)c3)c2)cc1F. The van der Waals surface area contributed by atoms with E-state index < -0.39 is 5.82 Å². The molecule has 0 atom stereocenters. The van der Waals surface area contributed by atoms with Gasteiger partial charge < -0.3 is 10.1 Å². The molecular weight excluding hydrogens is 471 g/mol. The maximum absolute atomic E-state index is 14.5. The highest BCUT2D eigenvalue weighted by Gasteiger charge is 2.12. The molecule has 0 spiro atoms. The Bertz CT molecular complexity index is 1080. The molecule has 0 saturated carbocycles. The van der Waals surface area contributed by atoms with E-state index in [9.17, 15) is 9.18 Å². The van der Waals surface area contributed by atoms with E-state index in [1.54, 1.807) is 29.5 Å². The van der Waals surface area contributed by atoms with Crippen molar-refractivity contribution in [1.82, 2.24) is 0 Å². The van der Waals surface area contributed by atoms with Gasteiger partial charge in [-0.2, -0.15) is 4.57 Å². The first-order valence-electron chi connectivity index (χ1n) is 13.3. The number of amides is 1. The minimum atomic E-state index is -0.460. The van der Waals surface area contributed by atoms with Crippen molar-refractivity contribution in [3.63, 3.8) is 0 Å². The number of hydrogen-bond donors (Lipinski definition) is 1. The highest BCUT2D eigenvalue weighted by atomic mass is 32.1. The Kier molecular flexibility index (Phi) is 11.9. The summed E-state index contributed by atoms with van der Waals surface area (Å²) in [5.41, 5.74) is 4.05. The first-order valence-corrected chi connectivity index (χ1v) is 14.2. The predicted molar refractivity (Wildman–Crippen MR) is 146 cm³/mol. The number of unbranched alkanes of at least 4 members (excludes halogenated alkanes) is 9. The number of hydrogen-bond acceptors (Lipinski definition) is 3. The summed E-state index contributed by atoms with van der Waals surface area (Å²) in [7, 11) is 0.